The van der Waals surface area contributed by atoms with E-state index in [-0.39, 0.29) is 24.8 Å². The molecule has 0 aliphatic rings. The Kier molecular flexibility index (Phi) is 8.65. The van der Waals surface area contributed by atoms with Gasteiger partial charge in [0.1, 0.15) is 17.6 Å². The number of nitrogens with zero attached hydrogens (tertiary/aromatic N) is 1. The second-order valence-corrected chi connectivity index (χ2v) is 6.96. The molecular formula is C23H29FN2O3. The number of benzene rings is 2. The standard InChI is InChI=1S/C23H29FN2O3/c1-4-5-14-25-23(28)17(2)26(16-19-8-6-7-9-21(19)24)22(27)15-18-10-12-20(29-3)13-11-18/h6-13,17H,4-5,14-16H2,1-3H3,(H,25,28). The van der Waals surface area contributed by atoms with E-state index in [4.69, 9.17) is 4.74 Å². The van der Waals surface area contributed by atoms with Gasteiger partial charge in [-0.3, -0.25) is 9.59 Å². The molecule has 0 aliphatic carbocycles. The van der Waals surface area contributed by atoms with Crippen molar-refractivity contribution in [2.75, 3.05) is 13.7 Å². The van der Waals surface area contributed by atoms with Crippen LogP contribution in [0.4, 0.5) is 4.39 Å². The van der Waals surface area contributed by atoms with Crippen LogP contribution in [-0.4, -0.2) is 36.4 Å². The molecule has 0 heterocycles. The molecular weight excluding hydrogens is 371 g/mol. The van der Waals surface area contributed by atoms with Crippen LogP contribution < -0.4 is 10.1 Å². The van der Waals surface area contributed by atoms with Crippen molar-refractivity contribution in [2.45, 2.75) is 45.7 Å². The molecule has 0 saturated heterocycles. The van der Waals surface area contributed by atoms with Crippen LogP contribution in [0, 0.1) is 5.82 Å². The first-order valence-electron chi connectivity index (χ1n) is 9.89. The van der Waals surface area contributed by atoms with Crippen molar-refractivity contribution < 1.29 is 18.7 Å². The number of hydrogen-bond donors (Lipinski definition) is 1. The maximum absolute atomic E-state index is 14.2. The van der Waals surface area contributed by atoms with Crippen LogP contribution in [0.1, 0.15) is 37.8 Å². The smallest absolute Gasteiger partial charge is 0.242 e. The van der Waals surface area contributed by atoms with Crippen molar-refractivity contribution in [2.24, 2.45) is 0 Å². The molecule has 2 rings (SSSR count). The lowest BCUT2D eigenvalue weighted by Gasteiger charge is -2.29. The Morgan fingerprint density at radius 2 is 1.83 bits per heavy atom. The van der Waals surface area contributed by atoms with Crippen LogP contribution in [0.25, 0.3) is 0 Å². The number of carbonyl (C=O) groups is 2. The second-order valence-electron chi connectivity index (χ2n) is 6.96. The summed E-state index contributed by atoms with van der Waals surface area (Å²) in [6.07, 6.45) is 1.95. The van der Waals surface area contributed by atoms with Gasteiger partial charge in [0, 0.05) is 18.7 Å². The zero-order valence-electron chi connectivity index (χ0n) is 17.3. The third kappa shape index (κ3) is 6.59. The third-order valence-electron chi connectivity index (χ3n) is 4.81. The molecule has 29 heavy (non-hydrogen) atoms. The van der Waals surface area contributed by atoms with E-state index in [1.165, 1.54) is 11.0 Å². The Morgan fingerprint density at radius 3 is 2.45 bits per heavy atom. The summed E-state index contributed by atoms with van der Waals surface area (Å²) in [4.78, 5) is 27.0. The van der Waals surface area contributed by atoms with Crippen molar-refractivity contribution in [3.05, 3.63) is 65.5 Å². The number of carbonyl (C=O) groups excluding carboxylic acids is 2. The number of nitrogens with one attached hydrogen (secondary N) is 1. The van der Waals surface area contributed by atoms with Gasteiger partial charge in [0.15, 0.2) is 0 Å². The van der Waals surface area contributed by atoms with Gasteiger partial charge in [-0.15, -0.1) is 0 Å². The molecule has 2 aromatic rings. The van der Waals surface area contributed by atoms with Gasteiger partial charge in [-0.1, -0.05) is 43.7 Å². The Hall–Kier alpha value is -2.89. The second kappa shape index (κ2) is 11.2. The van der Waals surface area contributed by atoms with E-state index in [0.717, 1.165) is 18.4 Å². The average molecular weight is 400 g/mol. The minimum absolute atomic E-state index is 0.0318. The molecule has 0 fully saturated rings. The van der Waals surface area contributed by atoms with E-state index in [2.05, 4.69) is 5.32 Å². The summed E-state index contributed by atoms with van der Waals surface area (Å²) in [5.74, 6) is -0.171. The van der Waals surface area contributed by atoms with Crippen molar-refractivity contribution >= 4 is 11.8 Å². The van der Waals surface area contributed by atoms with Crippen LogP contribution in [0.5, 0.6) is 5.75 Å². The van der Waals surface area contributed by atoms with Gasteiger partial charge in [0.25, 0.3) is 0 Å². The molecule has 0 radical (unpaired) electrons. The average Bonchev–Trinajstić information content (AvgIpc) is 2.73. The largest absolute Gasteiger partial charge is 0.497 e. The van der Waals surface area contributed by atoms with E-state index >= 15 is 0 Å². The third-order valence-corrected chi connectivity index (χ3v) is 4.81. The first-order chi connectivity index (χ1) is 14.0. The normalized spacial score (nSPS) is 11.6. The minimum Gasteiger partial charge on any atom is -0.497 e. The maximum Gasteiger partial charge on any atom is 0.242 e. The highest BCUT2D eigenvalue weighted by molar-refractivity contribution is 5.88. The van der Waals surface area contributed by atoms with Crippen LogP contribution >= 0.6 is 0 Å². The summed E-state index contributed by atoms with van der Waals surface area (Å²) < 4.78 is 19.3. The van der Waals surface area contributed by atoms with E-state index in [0.29, 0.717) is 17.9 Å². The number of ether oxygens (including phenoxy) is 1. The number of hydrogen-bond acceptors (Lipinski definition) is 3. The zero-order valence-corrected chi connectivity index (χ0v) is 17.3. The quantitative estimate of drug-likeness (QED) is 0.619. The van der Waals surface area contributed by atoms with E-state index in [1.807, 2.05) is 19.1 Å². The fraction of sp³-hybridized carbons (Fsp3) is 0.391. The zero-order chi connectivity index (χ0) is 21.2. The molecule has 156 valence electrons. The number of methoxy groups -OCH3 is 1. The molecule has 0 saturated carbocycles. The minimum atomic E-state index is -0.711. The van der Waals surface area contributed by atoms with Gasteiger partial charge in [0.2, 0.25) is 11.8 Å². The summed E-state index contributed by atoms with van der Waals surface area (Å²) in [6.45, 7) is 4.30. The number of amides is 2. The molecule has 0 bridgehead atoms. The summed E-state index contributed by atoms with van der Waals surface area (Å²) in [7, 11) is 1.58. The molecule has 2 aromatic carbocycles. The van der Waals surface area contributed by atoms with E-state index in [9.17, 15) is 14.0 Å². The fourth-order valence-corrected chi connectivity index (χ4v) is 2.95. The Labute approximate surface area is 171 Å². The van der Waals surface area contributed by atoms with Crippen molar-refractivity contribution in [1.82, 2.24) is 10.2 Å². The highest BCUT2D eigenvalue weighted by Crippen LogP contribution is 2.16. The van der Waals surface area contributed by atoms with Gasteiger partial charge in [-0.05, 0) is 37.1 Å². The van der Waals surface area contributed by atoms with Crippen LogP contribution in [0.15, 0.2) is 48.5 Å². The van der Waals surface area contributed by atoms with Crippen molar-refractivity contribution in [3.63, 3.8) is 0 Å². The van der Waals surface area contributed by atoms with Gasteiger partial charge in [-0.2, -0.15) is 0 Å². The summed E-state index contributed by atoms with van der Waals surface area (Å²) >= 11 is 0. The van der Waals surface area contributed by atoms with Crippen molar-refractivity contribution in [3.8, 4) is 5.75 Å². The molecule has 1 unspecified atom stereocenters. The topological polar surface area (TPSA) is 58.6 Å². The predicted octanol–water partition coefficient (Wildman–Crippen LogP) is 3.71. The number of unbranched alkanes of at least 4 members (excludes halogenated alkanes) is 1. The lowest BCUT2D eigenvalue weighted by molar-refractivity contribution is -0.140. The first kappa shape index (κ1) is 22.4. The van der Waals surface area contributed by atoms with E-state index < -0.39 is 11.9 Å². The van der Waals surface area contributed by atoms with Crippen molar-refractivity contribution in [1.29, 1.82) is 0 Å². The number of rotatable bonds is 10. The lowest BCUT2D eigenvalue weighted by Crippen LogP contribution is -2.48. The molecule has 6 heteroatoms. The summed E-state index contributed by atoms with van der Waals surface area (Å²) in [5, 5.41) is 2.85. The molecule has 1 atom stereocenters. The SMILES string of the molecule is CCCCNC(=O)C(C)N(Cc1ccccc1F)C(=O)Cc1ccc(OC)cc1. The molecule has 0 spiro atoms. The molecule has 2 amide bonds. The summed E-state index contributed by atoms with van der Waals surface area (Å²) in [5.41, 5.74) is 1.18. The van der Waals surface area contributed by atoms with Gasteiger partial charge >= 0.3 is 0 Å². The van der Waals surface area contributed by atoms with Crippen LogP contribution in [0.3, 0.4) is 0 Å². The van der Waals surface area contributed by atoms with Gasteiger partial charge < -0.3 is 15.0 Å². The highest BCUT2D eigenvalue weighted by atomic mass is 19.1. The molecule has 5 nitrogen and oxygen atoms in total. The highest BCUT2D eigenvalue weighted by Gasteiger charge is 2.26. The van der Waals surface area contributed by atoms with E-state index in [1.54, 1.807) is 44.4 Å². The summed E-state index contributed by atoms with van der Waals surface area (Å²) in [6, 6.07) is 12.8. The Bertz CT molecular complexity index is 808. The van der Waals surface area contributed by atoms with Gasteiger partial charge in [-0.25, -0.2) is 4.39 Å². The Balaban J connectivity index is 2.18. The predicted molar refractivity (Wildman–Crippen MR) is 111 cm³/mol. The molecule has 0 aliphatic heterocycles. The monoisotopic (exact) mass is 400 g/mol. The Morgan fingerprint density at radius 1 is 1.14 bits per heavy atom. The fourth-order valence-electron chi connectivity index (χ4n) is 2.95. The first-order valence-corrected chi connectivity index (χ1v) is 9.89. The van der Waals surface area contributed by atoms with Gasteiger partial charge in [0.05, 0.1) is 13.5 Å². The molecule has 0 aromatic heterocycles. The van der Waals surface area contributed by atoms with Crippen LogP contribution in [-0.2, 0) is 22.6 Å². The number of halogens is 1. The lowest BCUT2D eigenvalue weighted by atomic mass is 10.1. The maximum atomic E-state index is 14.2. The van der Waals surface area contributed by atoms with Crippen LogP contribution in [0.2, 0.25) is 0 Å². The molecule has 1 N–H and O–H groups in total.